The molecule has 0 aromatic rings. The third-order valence-electron chi connectivity index (χ3n) is 1.19. The van der Waals surface area contributed by atoms with E-state index in [9.17, 15) is 31.5 Å². The number of hydrogen-bond donors (Lipinski definition) is 1. The Hall–Kier alpha value is -1.41. The molecule has 0 heterocycles. The average molecular weight is 235 g/mol. The molecule has 0 rings (SSSR count). The first-order valence-corrected chi connectivity index (χ1v) is 3.49. The molecule has 88 valence electrons. The molecule has 0 radical (unpaired) electrons. The van der Waals surface area contributed by atoms with Gasteiger partial charge in [-0.2, -0.15) is 22.0 Å². The summed E-state index contributed by atoms with van der Waals surface area (Å²) in [7, 11) is 0. The number of nitrogens with zero attached hydrogens (tertiary/aromatic N) is 1. The van der Waals surface area contributed by atoms with Crippen LogP contribution in [0.4, 0.5) is 22.0 Å². The maximum absolute atomic E-state index is 11.8. The Kier molecular flexibility index (Phi) is 4.43. The number of hydrogen-bond acceptors (Lipinski definition) is 2. The molecule has 0 saturated heterocycles. The number of aliphatic carboxylic acids is 1. The predicted octanol–water partition coefficient (Wildman–Crippen LogP) is 0.727. The van der Waals surface area contributed by atoms with Crippen molar-refractivity contribution in [3.63, 3.8) is 0 Å². The molecule has 0 bridgehead atoms. The first-order chi connectivity index (χ1) is 6.63. The fourth-order valence-electron chi connectivity index (χ4n) is 0.729. The maximum atomic E-state index is 11.8. The minimum absolute atomic E-state index is 0.465. The van der Waals surface area contributed by atoms with Crippen LogP contribution in [0.3, 0.4) is 0 Å². The van der Waals surface area contributed by atoms with Crippen LogP contribution in [0.2, 0.25) is 0 Å². The van der Waals surface area contributed by atoms with Crippen molar-refractivity contribution in [1.82, 2.24) is 4.90 Å². The van der Waals surface area contributed by atoms with Crippen molar-refractivity contribution in [2.24, 2.45) is 0 Å². The molecule has 9 heteroatoms. The molecular formula is C6H6F5NO3. The second kappa shape index (κ2) is 4.89. The van der Waals surface area contributed by atoms with Crippen molar-refractivity contribution in [3.8, 4) is 0 Å². The van der Waals surface area contributed by atoms with Gasteiger partial charge in [0, 0.05) is 0 Å². The zero-order valence-electron chi connectivity index (χ0n) is 7.09. The minimum atomic E-state index is -4.92. The first-order valence-electron chi connectivity index (χ1n) is 3.49. The molecule has 0 aliphatic rings. The van der Waals surface area contributed by atoms with Gasteiger partial charge in [0.2, 0.25) is 0 Å². The van der Waals surface area contributed by atoms with E-state index in [-0.39, 0.29) is 0 Å². The van der Waals surface area contributed by atoms with Crippen molar-refractivity contribution >= 4 is 11.9 Å². The van der Waals surface area contributed by atoms with Gasteiger partial charge in [-0.1, -0.05) is 0 Å². The molecular weight excluding hydrogens is 229 g/mol. The Bertz CT molecular complexity index is 252. The quantitative estimate of drug-likeness (QED) is 0.730. The summed E-state index contributed by atoms with van der Waals surface area (Å²) in [4.78, 5) is 20.0. The highest BCUT2D eigenvalue weighted by atomic mass is 19.4. The third kappa shape index (κ3) is 5.81. The van der Waals surface area contributed by atoms with Crippen LogP contribution in [0.1, 0.15) is 0 Å². The Morgan fingerprint density at radius 1 is 1.27 bits per heavy atom. The van der Waals surface area contributed by atoms with Crippen LogP contribution in [0, 0.1) is 0 Å². The summed E-state index contributed by atoms with van der Waals surface area (Å²) >= 11 is 0. The van der Waals surface area contributed by atoms with Crippen molar-refractivity contribution in [2.45, 2.75) is 12.6 Å². The topological polar surface area (TPSA) is 57.6 Å². The van der Waals surface area contributed by atoms with E-state index < -0.39 is 42.5 Å². The van der Waals surface area contributed by atoms with Crippen LogP contribution >= 0.6 is 0 Å². The monoisotopic (exact) mass is 235 g/mol. The summed E-state index contributed by atoms with van der Waals surface area (Å²) in [5.41, 5.74) is 0. The summed E-state index contributed by atoms with van der Waals surface area (Å²) < 4.78 is 58.7. The van der Waals surface area contributed by atoms with Gasteiger partial charge in [-0.3, -0.25) is 9.59 Å². The van der Waals surface area contributed by atoms with E-state index in [2.05, 4.69) is 0 Å². The molecule has 0 aromatic heterocycles. The Morgan fingerprint density at radius 3 is 2.00 bits per heavy atom. The number of amides is 1. The second-order valence-electron chi connectivity index (χ2n) is 2.50. The summed E-state index contributed by atoms with van der Waals surface area (Å²) in [6.07, 6.45) is -8.58. The minimum Gasteiger partial charge on any atom is -0.480 e. The molecule has 4 nitrogen and oxygen atoms in total. The van der Waals surface area contributed by atoms with Gasteiger partial charge in [-0.25, -0.2) is 0 Å². The fourth-order valence-corrected chi connectivity index (χ4v) is 0.729. The largest absolute Gasteiger partial charge is 0.480 e. The Morgan fingerprint density at radius 2 is 1.73 bits per heavy atom. The van der Waals surface area contributed by atoms with Gasteiger partial charge in [0.25, 0.3) is 5.91 Å². The van der Waals surface area contributed by atoms with Crippen molar-refractivity contribution in [3.05, 3.63) is 0 Å². The average Bonchev–Trinajstić information content (AvgIpc) is 1.97. The Labute approximate surface area is 80.3 Å². The van der Waals surface area contributed by atoms with Gasteiger partial charge in [-0.05, 0) is 0 Å². The van der Waals surface area contributed by atoms with Crippen LogP contribution in [0.5, 0.6) is 0 Å². The number of carbonyl (C=O) groups is 2. The van der Waals surface area contributed by atoms with E-state index in [1.165, 1.54) is 0 Å². The maximum Gasteiger partial charge on any atom is 0.406 e. The smallest absolute Gasteiger partial charge is 0.406 e. The molecule has 0 aromatic carbocycles. The van der Waals surface area contributed by atoms with E-state index in [4.69, 9.17) is 5.11 Å². The molecule has 0 fully saturated rings. The van der Waals surface area contributed by atoms with Crippen molar-refractivity contribution in [1.29, 1.82) is 0 Å². The lowest BCUT2D eigenvalue weighted by Crippen LogP contribution is -2.44. The third-order valence-corrected chi connectivity index (χ3v) is 1.19. The number of carboxylic acids is 1. The van der Waals surface area contributed by atoms with Crippen LogP contribution in [-0.2, 0) is 9.59 Å². The van der Waals surface area contributed by atoms with Gasteiger partial charge in [-0.15, -0.1) is 0 Å². The van der Waals surface area contributed by atoms with Gasteiger partial charge < -0.3 is 10.0 Å². The lowest BCUT2D eigenvalue weighted by atomic mass is 10.4. The summed E-state index contributed by atoms with van der Waals surface area (Å²) in [6, 6.07) is 0. The van der Waals surface area contributed by atoms with Gasteiger partial charge in [0.15, 0.2) is 0 Å². The first kappa shape index (κ1) is 13.6. The number of rotatable bonds is 4. The SMILES string of the molecule is O=C(O)CN(CC(F)(F)F)C(=O)C(F)F. The Balaban J connectivity index is 4.59. The lowest BCUT2D eigenvalue weighted by molar-refractivity contribution is -0.171. The van der Waals surface area contributed by atoms with Gasteiger partial charge in [0.05, 0.1) is 0 Å². The second-order valence-corrected chi connectivity index (χ2v) is 2.50. The highest BCUT2D eigenvalue weighted by Gasteiger charge is 2.36. The fraction of sp³-hybridized carbons (Fsp3) is 0.667. The molecule has 0 atom stereocenters. The van der Waals surface area contributed by atoms with E-state index in [0.717, 1.165) is 0 Å². The lowest BCUT2D eigenvalue weighted by Gasteiger charge is -2.21. The summed E-state index contributed by atoms with van der Waals surface area (Å²) in [5, 5.41) is 8.11. The normalized spacial score (nSPS) is 11.6. The highest BCUT2D eigenvalue weighted by molar-refractivity contribution is 5.83. The molecule has 0 aliphatic heterocycles. The number of carboxylic acid groups (broad SMARTS) is 1. The molecule has 0 spiro atoms. The number of carbonyl (C=O) groups excluding carboxylic acids is 1. The van der Waals surface area contributed by atoms with E-state index >= 15 is 0 Å². The standard InChI is InChI=1S/C6H6F5NO3/c7-4(8)5(15)12(1-3(13)14)2-6(9,10)11/h4H,1-2H2,(H,13,14). The van der Waals surface area contributed by atoms with Gasteiger partial charge in [0.1, 0.15) is 13.1 Å². The highest BCUT2D eigenvalue weighted by Crippen LogP contribution is 2.17. The van der Waals surface area contributed by atoms with E-state index in [1.54, 1.807) is 0 Å². The predicted molar refractivity (Wildman–Crippen MR) is 36.3 cm³/mol. The molecule has 0 unspecified atom stereocenters. The van der Waals surface area contributed by atoms with Crippen LogP contribution in [0.15, 0.2) is 0 Å². The molecule has 0 aliphatic carbocycles. The van der Waals surface area contributed by atoms with Crippen LogP contribution < -0.4 is 0 Å². The van der Waals surface area contributed by atoms with Crippen LogP contribution in [0.25, 0.3) is 0 Å². The summed E-state index contributed by atoms with van der Waals surface area (Å²) in [6.45, 7) is -3.43. The molecule has 15 heavy (non-hydrogen) atoms. The number of halogens is 5. The molecule has 1 amide bonds. The van der Waals surface area contributed by atoms with Gasteiger partial charge >= 0.3 is 18.6 Å². The summed E-state index contributed by atoms with van der Waals surface area (Å²) in [5.74, 6) is -3.96. The van der Waals surface area contributed by atoms with E-state index in [0.29, 0.717) is 0 Å². The van der Waals surface area contributed by atoms with Crippen LogP contribution in [-0.4, -0.2) is 47.6 Å². The number of alkyl halides is 5. The molecule has 1 N–H and O–H groups in total. The zero-order valence-corrected chi connectivity index (χ0v) is 7.09. The van der Waals surface area contributed by atoms with Crippen molar-refractivity contribution in [2.75, 3.05) is 13.1 Å². The van der Waals surface area contributed by atoms with E-state index in [1.807, 2.05) is 0 Å². The van der Waals surface area contributed by atoms with Crippen molar-refractivity contribution < 1.29 is 36.6 Å². The zero-order chi connectivity index (χ0) is 12.2. The molecule has 0 saturated carbocycles.